The van der Waals surface area contributed by atoms with E-state index in [9.17, 15) is 4.39 Å². The second kappa shape index (κ2) is 5.43. The fourth-order valence-electron chi connectivity index (χ4n) is 2.89. The number of aryl methyl sites for hydroxylation is 1. The molecule has 3 heteroatoms. The van der Waals surface area contributed by atoms with E-state index in [1.807, 2.05) is 18.2 Å². The molecule has 2 nitrogen and oxygen atoms in total. The molecule has 0 amide bonds. The van der Waals surface area contributed by atoms with Crippen LogP contribution in [0.5, 0.6) is 0 Å². The van der Waals surface area contributed by atoms with Gasteiger partial charge >= 0.3 is 0 Å². The first-order valence-corrected chi connectivity index (χ1v) is 7.59. The van der Waals surface area contributed by atoms with Gasteiger partial charge in [-0.25, -0.2) is 4.39 Å². The highest BCUT2D eigenvalue weighted by Gasteiger charge is 2.16. The van der Waals surface area contributed by atoms with Gasteiger partial charge in [0.05, 0.1) is 17.1 Å². The Morgan fingerprint density at radius 1 is 1.00 bits per heavy atom. The Hall–Kier alpha value is -2.81. The summed E-state index contributed by atoms with van der Waals surface area (Å²) >= 11 is 0. The number of fused-ring (bicyclic) bond motifs is 1. The summed E-state index contributed by atoms with van der Waals surface area (Å²) in [5.41, 5.74) is 6.68. The fourth-order valence-corrected chi connectivity index (χ4v) is 2.89. The van der Waals surface area contributed by atoms with Gasteiger partial charge in [0, 0.05) is 23.7 Å². The molecular weight excluding hydrogens is 287 g/mol. The monoisotopic (exact) mass is 302 g/mol. The van der Waals surface area contributed by atoms with Gasteiger partial charge < -0.3 is 0 Å². The van der Waals surface area contributed by atoms with Crippen molar-refractivity contribution in [3.05, 3.63) is 83.3 Å². The van der Waals surface area contributed by atoms with Crippen molar-refractivity contribution in [3.63, 3.8) is 0 Å². The zero-order valence-electron chi connectivity index (χ0n) is 12.8. The maximum absolute atomic E-state index is 13.8. The molecule has 0 bridgehead atoms. The lowest BCUT2D eigenvalue weighted by atomic mass is 10.0. The van der Waals surface area contributed by atoms with Crippen molar-refractivity contribution >= 4 is 11.4 Å². The standard InChI is InChI=1S/C20H15FN2/c1-13-6-8-18-15(10-13)11-20(23-18)14-7-9-19(22-12-14)16-4-2-3-5-17(16)21/h2-10,12H,11H2,1H3. The molecule has 0 atom stereocenters. The summed E-state index contributed by atoms with van der Waals surface area (Å²) in [6.07, 6.45) is 2.59. The van der Waals surface area contributed by atoms with Crippen LogP contribution in [0.15, 0.2) is 65.8 Å². The van der Waals surface area contributed by atoms with E-state index in [1.54, 1.807) is 18.3 Å². The van der Waals surface area contributed by atoms with Gasteiger partial charge in [-0.05, 0) is 42.8 Å². The number of hydrogen-bond acceptors (Lipinski definition) is 2. The highest BCUT2D eigenvalue weighted by molar-refractivity contribution is 6.06. The summed E-state index contributed by atoms with van der Waals surface area (Å²) in [6.45, 7) is 2.09. The number of aromatic nitrogens is 1. The van der Waals surface area contributed by atoms with Crippen LogP contribution >= 0.6 is 0 Å². The van der Waals surface area contributed by atoms with Gasteiger partial charge in [-0.1, -0.05) is 29.8 Å². The lowest BCUT2D eigenvalue weighted by molar-refractivity contribution is 0.630. The van der Waals surface area contributed by atoms with Crippen molar-refractivity contribution in [2.75, 3.05) is 0 Å². The molecule has 23 heavy (non-hydrogen) atoms. The van der Waals surface area contributed by atoms with Crippen LogP contribution in [-0.2, 0) is 6.42 Å². The molecule has 1 aliphatic rings. The number of pyridine rings is 1. The molecule has 3 aromatic rings. The van der Waals surface area contributed by atoms with E-state index in [0.29, 0.717) is 11.3 Å². The van der Waals surface area contributed by atoms with Crippen LogP contribution in [0.25, 0.3) is 11.3 Å². The Morgan fingerprint density at radius 3 is 2.65 bits per heavy atom. The highest BCUT2D eigenvalue weighted by Crippen LogP contribution is 2.30. The number of aliphatic imine (C=N–C) groups is 1. The van der Waals surface area contributed by atoms with Gasteiger partial charge in [-0.3, -0.25) is 9.98 Å². The topological polar surface area (TPSA) is 25.2 Å². The van der Waals surface area contributed by atoms with Crippen molar-refractivity contribution in [1.29, 1.82) is 0 Å². The third-order valence-corrected chi connectivity index (χ3v) is 4.09. The Labute approximate surface area is 134 Å². The third-order valence-electron chi connectivity index (χ3n) is 4.09. The molecular formula is C20H15FN2. The highest BCUT2D eigenvalue weighted by atomic mass is 19.1. The third kappa shape index (κ3) is 2.55. The molecule has 112 valence electrons. The molecule has 0 aliphatic carbocycles. The summed E-state index contributed by atoms with van der Waals surface area (Å²) < 4.78 is 13.8. The summed E-state index contributed by atoms with van der Waals surface area (Å²) in [5, 5.41) is 0. The maximum atomic E-state index is 13.8. The van der Waals surface area contributed by atoms with E-state index < -0.39 is 0 Å². The van der Waals surface area contributed by atoms with E-state index in [4.69, 9.17) is 0 Å². The SMILES string of the molecule is Cc1ccc2c(c1)CC(c1ccc(-c3ccccc3F)nc1)=N2. The van der Waals surface area contributed by atoms with Crippen LogP contribution in [0.2, 0.25) is 0 Å². The maximum Gasteiger partial charge on any atom is 0.132 e. The number of halogens is 1. The number of rotatable bonds is 2. The van der Waals surface area contributed by atoms with Crippen molar-refractivity contribution in [3.8, 4) is 11.3 Å². The van der Waals surface area contributed by atoms with Crippen molar-refractivity contribution in [2.45, 2.75) is 13.3 Å². The molecule has 0 fully saturated rings. The molecule has 0 saturated heterocycles. The van der Waals surface area contributed by atoms with Crippen molar-refractivity contribution in [2.24, 2.45) is 4.99 Å². The summed E-state index contributed by atoms with van der Waals surface area (Å²) in [5.74, 6) is -0.256. The Balaban J connectivity index is 1.64. The minimum Gasteiger partial charge on any atom is -0.255 e. The zero-order chi connectivity index (χ0) is 15.8. The fraction of sp³-hybridized carbons (Fsp3) is 0.100. The van der Waals surface area contributed by atoms with Crippen molar-refractivity contribution < 1.29 is 4.39 Å². The summed E-state index contributed by atoms with van der Waals surface area (Å²) in [7, 11) is 0. The van der Waals surface area contributed by atoms with E-state index in [2.05, 4.69) is 35.1 Å². The molecule has 1 aromatic heterocycles. The molecule has 0 radical (unpaired) electrons. The number of benzene rings is 2. The quantitative estimate of drug-likeness (QED) is 0.662. The lowest BCUT2D eigenvalue weighted by Crippen LogP contribution is -2.01. The smallest absolute Gasteiger partial charge is 0.132 e. The first-order valence-electron chi connectivity index (χ1n) is 7.59. The average Bonchev–Trinajstić information content (AvgIpc) is 2.98. The number of nitrogens with zero attached hydrogens (tertiary/aromatic N) is 2. The van der Waals surface area contributed by atoms with Crippen LogP contribution in [-0.4, -0.2) is 10.7 Å². The molecule has 0 spiro atoms. The van der Waals surface area contributed by atoms with Gasteiger partial charge in [0.15, 0.2) is 0 Å². The molecule has 0 unspecified atom stereocenters. The normalized spacial score (nSPS) is 12.9. The molecule has 4 rings (SSSR count). The molecule has 2 heterocycles. The van der Waals surface area contributed by atoms with Gasteiger partial charge in [0.2, 0.25) is 0 Å². The molecule has 2 aromatic carbocycles. The summed E-state index contributed by atoms with van der Waals surface area (Å²) in [4.78, 5) is 9.10. The van der Waals surface area contributed by atoms with Crippen LogP contribution in [0.4, 0.5) is 10.1 Å². The minimum absolute atomic E-state index is 0.256. The van der Waals surface area contributed by atoms with Gasteiger partial charge in [-0.15, -0.1) is 0 Å². The van der Waals surface area contributed by atoms with E-state index in [-0.39, 0.29) is 5.82 Å². The van der Waals surface area contributed by atoms with Crippen LogP contribution < -0.4 is 0 Å². The first kappa shape index (κ1) is 13.8. The van der Waals surface area contributed by atoms with Gasteiger partial charge in [0.1, 0.15) is 5.82 Å². The second-order valence-electron chi connectivity index (χ2n) is 5.78. The average molecular weight is 302 g/mol. The first-order chi connectivity index (χ1) is 11.2. The van der Waals surface area contributed by atoms with Crippen LogP contribution in [0.1, 0.15) is 16.7 Å². The Bertz CT molecular complexity index is 911. The molecule has 0 saturated carbocycles. The van der Waals surface area contributed by atoms with Gasteiger partial charge in [0.25, 0.3) is 0 Å². The van der Waals surface area contributed by atoms with Crippen molar-refractivity contribution in [1.82, 2.24) is 4.98 Å². The van der Waals surface area contributed by atoms with Crippen LogP contribution in [0.3, 0.4) is 0 Å². The second-order valence-corrected chi connectivity index (χ2v) is 5.78. The predicted molar refractivity (Wildman–Crippen MR) is 90.7 cm³/mol. The van der Waals surface area contributed by atoms with E-state index in [0.717, 1.165) is 23.4 Å². The van der Waals surface area contributed by atoms with E-state index in [1.165, 1.54) is 17.2 Å². The van der Waals surface area contributed by atoms with E-state index >= 15 is 0 Å². The Morgan fingerprint density at radius 2 is 1.87 bits per heavy atom. The molecule has 1 aliphatic heterocycles. The molecule has 0 N–H and O–H groups in total. The van der Waals surface area contributed by atoms with Gasteiger partial charge in [-0.2, -0.15) is 0 Å². The predicted octanol–water partition coefficient (Wildman–Crippen LogP) is 4.87. The largest absolute Gasteiger partial charge is 0.255 e. The zero-order valence-corrected chi connectivity index (χ0v) is 12.8. The summed E-state index contributed by atoms with van der Waals surface area (Å²) in [6, 6.07) is 16.8. The van der Waals surface area contributed by atoms with Crippen LogP contribution in [0, 0.1) is 12.7 Å². The Kier molecular flexibility index (Phi) is 3.27. The minimum atomic E-state index is -0.256. The number of hydrogen-bond donors (Lipinski definition) is 0. The lowest BCUT2D eigenvalue weighted by Gasteiger charge is -2.04.